The van der Waals surface area contributed by atoms with E-state index in [2.05, 4.69) is 0 Å². The Hall–Kier alpha value is -1.84. The highest BCUT2D eigenvalue weighted by atomic mass is 19.1. The minimum atomic E-state index is -0.369. The number of hydrogen-bond acceptors (Lipinski definition) is 2. The molecule has 0 atom stereocenters. The zero-order valence-corrected chi connectivity index (χ0v) is 9.87. The molecule has 0 amide bonds. The Morgan fingerprint density at radius 2 is 2.12 bits per heavy atom. The lowest BCUT2D eigenvalue weighted by molar-refractivity contribution is 0.0514. The summed E-state index contributed by atoms with van der Waals surface area (Å²) in [7, 11) is 0. The summed E-state index contributed by atoms with van der Waals surface area (Å²) >= 11 is 0. The fourth-order valence-electron chi connectivity index (χ4n) is 1.96. The summed E-state index contributed by atoms with van der Waals surface area (Å²) in [5.41, 5.74) is 1.31. The van der Waals surface area contributed by atoms with Gasteiger partial charge in [0.2, 0.25) is 0 Å². The molecule has 0 radical (unpaired) electrons. The molecule has 1 aromatic heterocycles. The van der Waals surface area contributed by atoms with E-state index in [9.17, 15) is 9.18 Å². The molecule has 0 unspecified atom stereocenters. The van der Waals surface area contributed by atoms with Crippen molar-refractivity contribution < 1.29 is 13.9 Å². The van der Waals surface area contributed by atoms with Gasteiger partial charge in [-0.2, -0.15) is 0 Å². The Labute approximate surface area is 98.8 Å². The Balaban J connectivity index is 2.59. The summed E-state index contributed by atoms with van der Waals surface area (Å²) in [5.74, 6) is -0.674. The number of halogens is 1. The van der Waals surface area contributed by atoms with E-state index in [1.54, 1.807) is 19.1 Å². The molecule has 0 saturated heterocycles. The highest BCUT2D eigenvalue weighted by Crippen LogP contribution is 2.21. The maximum atomic E-state index is 13.1. The van der Waals surface area contributed by atoms with Crippen molar-refractivity contribution in [2.45, 2.75) is 20.4 Å². The number of fused-ring (bicyclic) bond motifs is 1. The van der Waals surface area contributed by atoms with Gasteiger partial charge in [-0.25, -0.2) is 9.18 Å². The third-order valence-corrected chi connectivity index (χ3v) is 2.66. The quantitative estimate of drug-likeness (QED) is 0.766. The summed E-state index contributed by atoms with van der Waals surface area (Å²) in [6.45, 7) is 4.67. The molecule has 90 valence electrons. The van der Waals surface area contributed by atoms with Crippen LogP contribution in [0.1, 0.15) is 24.3 Å². The van der Waals surface area contributed by atoms with Crippen LogP contribution in [0.25, 0.3) is 10.9 Å². The lowest BCUT2D eigenvalue weighted by Gasteiger charge is -2.06. The average molecular weight is 235 g/mol. The molecule has 0 aliphatic rings. The molecule has 0 aliphatic heterocycles. The topological polar surface area (TPSA) is 31.2 Å². The lowest BCUT2D eigenvalue weighted by Crippen LogP contribution is -2.11. The number of benzene rings is 1. The van der Waals surface area contributed by atoms with E-state index in [-0.39, 0.29) is 11.8 Å². The molecule has 4 heteroatoms. The van der Waals surface area contributed by atoms with Gasteiger partial charge in [-0.3, -0.25) is 0 Å². The number of hydrogen-bond donors (Lipinski definition) is 0. The first-order valence-corrected chi connectivity index (χ1v) is 5.63. The summed E-state index contributed by atoms with van der Waals surface area (Å²) in [4.78, 5) is 11.7. The van der Waals surface area contributed by atoms with E-state index in [0.29, 0.717) is 18.8 Å². The molecule has 0 fully saturated rings. The SMILES string of the molecule is CCOC(=O)c1cc2cc(F)ccc2n1CC. The van der Waals surface area contributed by atoms with Gasteiger partial charge in [0.05, 0.1) is 6.61 Å². The van der Waals surface area contributed by atoms with Crippen LogP contribution in [0.4, 0.5) is 4.39 Å². The van der Waals surface area contributed by atoms with E-state index in [0.717, 1.165) is 10.9 Å². The first-order chi connectivity index (χ1) is 8.17. The molecule has 3 nitrogen and oxygen atoms in total. The summed E-state index contributed by atoms with van der Waals surface area (Å²) in [5, 5.41) is 0.718. The molecule has 0 saturated carbocycles. The van der Waals surface area contributed by atoms with E-state index in [1.807, 2.05) is 11.5 Å². The maximum Gasteiger partial charge on any atom is 0.354 e. The number of carbonyl (C=O) groups excluding carboxylic acids is 1. The van der Waals surface area contributed by atoms with Crippen molar-refractivity contribution in [3.63, 3.8) is 0 Å². The first kappa shape index (κ1) is 11.6. The highest BCUT2D eigenvalue weighted by molar-refractivity contribution is 5.95. The van der Waals surface area contributed by atoms with Crippen LogP contribution in [0.3, 0.4) is 0 Å². The van der Waals surface area contributed by atoms with Crippen molar-refractivity contribution in [2.24, 2.45) is 0 Å². The molecule has 0 spiro atoms. The molecular formula is C13H14FNO2. The zero-order chi connectivity index (χ0) is 12.4. The Kier molecular flexibility index (Phi) is 3.13. The number of rotatable bonds is 3. The summed E-state index contributed by atoms with van der Waals surface area (Å²) in [6.07, 6.45) is 0. The Morgan fingerprint density at radius 1 is 1.35 bits per heavy atom. The molecular weight excluding hydrogens is 221 g/mol. The van der Waals surface area contributed by atoms with E-state index < -0.39 is 0 Å². The summed E-state index contributed by atoms with van der Waals surface area (Å²) < 4.78 is 19.9. The Morgan fingerprint density at radius 3 is 2.76 bits per heavy atom. The van der Waals surface area contributed by atoms with Crippen LogP contribution in [0.15, 0.2) is 24.3 Å². The van der Waals surface area contributed by atoms with Gasteiger partial charge in [0.15, 0.2) is 0 Å². The predicted octanol–water partition coefficient (Wildman–Crippen LogP) is 2.98. The molecule has 2 rings (SSSR count). The van der Waals surface area contributed by atoms with Crippen molar-refractivity contribution in [3.05, 3.63) is 35.8 Å². The van der Waals surface area contributed by atoms with Crippen molar-refractivity contribution in [2.75, 3.05) is 6.61 Å². The van der Waals surface area contributed by atoms with Crippen molar-refractivity contribution in [3.8, 4) is 0 Å². The van der Waals surface area contributed by atoms with Gasteiger partial charge >= 0.3 is 5.97 Å². The number of aromatic nitrogens is 1. The third-order valence-electron chi connectivity index (χ3n) is 2.66. The van der Waals surface area contributed by atoms with Gasteiger partial charge in [-0.05, 0) is 38.1 Å². The molecule has 0 N–H and O–H groups in total. The predicted molar refractivity (Wildman–Crippen MR) is 63.5 cm³/mol. The largest absolute Gasteiger partial charge is 0.461 e. The van der Waals surface area contributed by atoms with Gasteiger partial charge in [0.1, 0.15) is 11.5 Å². The van der Waals surface area contributed by atoms with Crippen LogP contribution >= 0.6 is 0 Å². The molecule has 0 aliphatic carbocycles. The minimum Gasteiger partial charge on any atom is -0.461 e. The molecule has 17 heavy (non-hydrogen) atoms. The standard InChI is InChI=1S/C13H14FNO2/c1-3-15-11-6-5-10(14)7-9(11)8-12(15)13(16)17-4-2/h5-8H,3-4H2,1-2H3. The molecule has 0 bridgehead atoms. The van der Waals surface area contributed by atoms with E-state index >= 15 is 0 Å². The molecule has 1 aromatic carbocycles. The second-order valence-corrected chi connectivity index (χ2v) is 3.70. The monoisotopic (exact) mass is 235 g/mol. The Bertz CT molecular complexity index is 560. The van der Waals surface area contributed by atoms with Crippen LogP contribution in [0, 0.1) is 5.82 Å². The highest BCUT2D eigenvalue weighted by Gasteiger charge is 2.15. The van der Waals surface area contributed by atoms with Crippen LogP contribution in [0.5, 0.6) is 0 Å². The zero-order valence-electron chi connectivity index (χ0n) is 9.87. The van der Waals surface area contributed by atoms with Gasteiger partial charge < -0.3 is 9.30 Å². The number of carbonyl (C=O) groups is 1. The second kappa shape index (κ2) is 4.57. The van der Waals surface area contributed by atoms with Crippen LogP contribution in [0.2, 0.25) is 0 Å². The minimum absolute atomic E-state index is 0.304. The van der Waals surface area contributed by atoms with Crippen LogP contribution < -0.4 is 0 Å². The van der Waals surface area contributed by atoms with Crippen LogP contribution in [-0.4, -0.2) is 17.1 Å². The third kappa shape index (κ3) is 2.02. The number of nitrogens with zero attached hydrogens (tertiary/aromatic N) is 1. The van der Waals surface area contributed by atoms with E-state index in [1.165, 1.54) is 12.1 Å². The van der Waals surface area contributed by atoms with Crippen LogP contribution in [-0.2, 0) is 11.3 Å². The maximum absolute atomic E-state index is 13.1. The van der Waals surface area contributed by atoms with Crippen molar-refractivity contribution >= 4 is 16.9 Å². The van der Waals surface area contributed by atoms with Gasteiger partial charge in [0.25, 0.3) is 0 Å². The fourth-order valence-corrected chi connectivity index (χ4v) is 1.96. The normalized spacial score (nSPS) is 10.8. The molecule has 2 aromatic rings. The molecule has 1 heterocycles. The number of esters is 1. The number of aryl methyl sites for hydroxylation is 1. The smallest absolute Gasteiger partial charge is 0.354 e. The van der Waals surface area contributed by atoms with Gasteiger partial charge in [0, 0.05) is 17.4 Å². The fraction of sp³-hybridized carbons (Fsp3) is 0.308. The lowest BCUT2D eigenvalue weighted by atomic mass is 10.2. The average Bonchev–Trinajstić information content (AvgIpc) is 2.66. The van der Waals surface area contributed by atoms with E-state index in [4.69, 9.17) is 4.74 Å². The van der Waals surface area contributed by atoms with Gasteiger partial charge in [-0.15, -0.1) is 0 Å². The summed E-state index contributed by atoms with van der Waals surface area (Å²) in [6, 6.07) is 6.16. The van der Waals surface area contributed by atoms with Crippen molar-refractivity contribution in [1.82, 2.24) is 4.57 Å². The second-order valence-electron chi connectivity index (χ2n) is 3.70. The first-order valence-electron chi connectivity index (χ1n) is 5.63. The number of ether oxygens (including phenoxy) is 1. The van der Waals surface area contributed by atoms with Crippen molar-refractivity contribution in [1.29, 1.82) is 0 Å². The van der Waals surface area contributed by atoms with Gasteiger partial charge in [-0.1, -0.05) is 0 Å².